The van der Waals surface area contributed by atoms with Crippen LogP contribution in [0.2, 0.25) is 0 Å². The van der Waals surface area contributed by atoms with Gasteiger partial charge >= 0.3 is 11.9 Å². The summed E-state index contributed by atoms with van der Waals surface area (Å²) in [4.78, 5) is 55.1. The molecule has 0 aliphatic carbocycles. The SMILES string of the molecule is CON=C(C(=O)N[C@@H]1C(=O)N2C(C(=O)O)=C(COC(=O)C(C)C)CS[C@H]12)c1ccccc1. The van der Waals surface area contributed by atoms with Crippen LogP contribution in [0.3, 0.4) is 0 Å². The summed E-state index contributed by atoms with van der Waals surface area (Å²) in [6.07, 6.45) is 0. The normalized spacial score (nSPS) is 20.4. The standard InChI is InChI=1S/C21H23N3O7S/c1-11(2)21(29)31-9-13-10-32-19-15(18(26)24(19)16(13)20(27)28)22-17(25)14(23-30-3)12-7-5-4-6-8-12/h4-8,11,15,19H,9-10H2,1-3H3,(H,22,25)(H,27,28)/t15-,19-/m1/s1. The molecular formula is C21H23N3O7S. The van der Waals surface area contributed by atoms with E-state index in [9.17, 15) is 24.3 Å². The minimum absolute atomic E-state index is 0.00422. The summed E-state index contributed by atoms with van der Waals surface area (Å²) < 4.78 is 5.15. The molecule has 1 saturated heterocycles. The number of thioether (sulfide) groups is 1. The summed E-state index contributed by atoms with van der Waals surface area (Å²) >= 11 is 1.28. The molecule has 0 aromatic heterocycles. The molecule has 1 aromatic carbocycles. The highest BCUT2D eigenvalue weighted by Gasteiger charge is 2.54. The van der Waals surface area contributed by atoms with Crippen LogP contribution in [0.15, 0.2) is 46.8 Å². The number of oxime groups is 1. The van der Waals surface area contributed by atoms with Crippen LogP contribution < -0.4 is 5.32 Å². The van der Waals surface area contributed by atoms with Gasteiger partial charge in [0.05, 0.1) is 5.92 Å². The zero-order valence-corrected chi connectivity index (χ0v) is 18.5. The Bertz CT molecular complexity index is 990. The third-order valence-corrected chi connectivity index (χ3v) is 6.18. The van der Waals surface area contributed by atoms with Crippen LogP contribution in [0.4, 0.5) is 0 Å². The van der Waals surface area contributed by atoms with E-state index in [2.05, 4.69) is 10.5 Å². The van der Waals surface area contributed by atoms with E-state index in [1.165, 1.54) is 18.9 Å². The number of carbonyl (C=O) groups excluding carboxylic acids is 3. The van der Waals surface area contributed by atoms with Crippen LogP contribution in [0.25, 0.3) is 0 Å². The van der Waals surface area contributed by atoms with Gasteiger partial charge in [0, 0.05) is 16.9 Å². The van der Waals surface area contributed by atoms with E-state index in [1.807, 2.05) is 0 Å². The van der Waals surface area contributed by atoms with Crippen molar-refractivity contribution in [3.63, 3.8) is 0 Å². The number of carboxylic acid groups (broad SMARTS) is 1. The Labute approximate surface area is 188 Å². The first-order chi connectivity index (χ1) is 15.3. The number of β-lactam (4-membered cyclic amide) rings is 1. The highest BCUT2D eigenvalue weighted by atomic mass is 32.2. The monoisotopic (exact) mass is 461 g/mol. The summed E-state index contributed by atoms with van der Waals surface area (Å²) in [6.45, 7) is 3.13. The Morgan fingerprint density at radius 3 is 2.56 bits per heavy atom. The van der Waals surface area contributed by atoms with Crippen molar-refractivity contribution in [2.24, 2.45) is 11.1 Å². The van der Waals surface area contributed by atoms with Gasteiger partial charge in [0.25, 0.3) is 11.8 Å². The van der Waals surface area contributed by atoms with E-state index in [4.69, 9.17) is 9.57 Å². The number of hydrogen-bond acceptors (Lipinski definition) is 8. The number of carboxylic acids is 1. The fraction of sp³-hybridized carbons (Fsp3) is 0.381. The van der Waals surface area contributed by atoms with Gasteiger partial charge in [0.2, 0.25) is 0 Å². The van der Waals surface area contributed by atoms with E-state index in [1.54, 1.807) is 44.2 Å². The van der Waals surface area contributed by atoms with Gasteiger partial charge in [-0.25, -0.2) is 4.79 Å². The molecule has 1 fully saturated rings. The van der Waals surface area contributed by atoms with Crippen molar-refractivity contribution >= 4 is 41.2 Å². The van der Waals surface area contributed by atoms with Crippen LogP contribution in [-0.4, -0.2) is 70.4 Å². The van der Waals surface area contributed by atoms with E-state index in [0.717, 1.165) is 4.90 Å². The maximum absolute atomic E-state index is 12.8. The first-order valence-corrected chi connectivity index (χ1v) is 10.8. The molecule has 11 heteroatoms. The van der Waals surface area contributed by atoms with Gasteiger partial charge in [-0.15, -0.1) is 11.8 Å². The van der Waals surface area contributed by atoms with Gasteiger partial charge in [-0.3, -0.25) is 19.3 Å². The second-order valence-corrected chi connectivity index (χ2v) is 8.47. The van der Waals surface area contributed by atoms with Crippen molar-refractivity contribution in [3.8, 4) is 0 Å². The molecule has 2 N–H and O–H groups in total. The number of benzene rings is 1. The van der Waals surface area contributed by atoms with Crippen LogP contribution in [0, 0.1) is 5.92 Å². The molecule has 32 heavy (non-hydrogen) atoms. The summed E-state index contributed by atoms with van der Waals surface area (Å²) in [5.74, 6) is -3.05. The van der Waals surface area contributed by atoms with Crippen LogP contribution in [-0.2, 0) is 28.8 Å². The topological polar surface area (TPSA) is 135 Å². The van der Waals surface area contributed by atoms with E-state index >= 15 is 0 Å². The molecule has 0 saturated carbocycles. The van der Waals surface area contributed by atoms with Crippen molar-refractivity contribution in [2.75, 3.05) is 19.5 Å². The van der Waals surface area contributed by atoms with Crippen molar-refractivity contribution in [1.29, 1.82) is 0 Å². The lowest BCUT2D eigenvalue weighted by Crippen LogP contribution is -2.71. The predicted molar refractivity (Wildman–Crippen MR) is 115 cm³/mol. The second kappa shape index (κ2) is 9.86. The Hall–Kier alpha value is -3.34. The predicted octanol–water partition coefficient (Wildman–Crippen LogP) is 0.975. The maximum Gasteiger partial charge on any atom is 0.352 e. The van der Waals surface area contributed by atoms with Gasteiger partial charge in [-0.2, -0.15) is 0 Å². The Morgan fingerprint density at radius 2 is 1.97 bits per heavy atom. The van der Waals surface area contributed by atoms with Crippen LogP contribution >= 0.6 is 11.8 Å². The lowest BCUT2D eigenvalue weighted by molar-refractivity contribution is -0.150. The van der Waals surface area contributed by atoms with Gasteiger partial charge in [0.1, 0.15) is 30.8 Å². The average molecular weight is 461 g/mol. The van der Waals surface area contributed by atoms with Crippen LogP contribution in [0.1, 0.15) is 19.4 Å². The molecule has 170 valence electrons. The van der Waals surface area contributed by atoms with Gasteiger partial charge in [-0.1, -0.05) is 49.3 Å². The number of ether oxygens (including phenoxy) is 1. The summed E-state index contributed by atoms with van der Waals surface area (Å²) in [6, 6.07) is 7.69. The number of esters is 1. The number of nitrogens with one attached hydrogen (secondary N) is 1. The molecule has 3 rings (SSSR count). The summed E-state index contributed by atoms with van der Waals surface area (Å²) in [7, 11) is 1.31. The second-order valence-electron chi connectivity index (χ2n) is 7.37. The first-order valence-electron chi connectivity index (χ1n) is 9.80. The molecule has 0 unspecified atom stereocenters. The van der Waals surface area contributed by atoms with Gasteiger partial charge < -0.3 is 20.0 Å². The minimum Gasteiger partial charge on any atom is -0.477 e. The smallest absolute Gasteiger partial charge is 0.352 e. The lowest BCUT2D eigenvalue weighted by Gasteiger charge is -2.49. The zero-order chi connectivity index (χ0) is 23.4. The van der Waals surface area contributed by atoms with Crippen molar-refractivity contribution in [2.45, 2.75) is 25.3 Å². The quantitative estimate of drug-likeness (QED) is 0.253. The zero-order valence-electron chi connectivity index (χ0n) is 17.7. The number of nitrogens with zero attached hydrogens (tertiary/aromatic N) is 2. The number of amides is 2. The highest BCUT2D eigenvalue weighted by Crippen LogP contribution is 2.40. The van der Waals surface area contributed by atoms with Gasteiger partial charge in [0.15, 0.2) is 5.71 Å². The average Bonchev–Trinajstić information content (AvgIpc) is 2.78. The molecule has 2 amide bonds. The molecule has 2 heterocycles. The third-order valence-electron chi connectivity index (χ3n) is 4.84. The minimum atomic E-state index is -1.30. The third kappa shape index (κ3) is 4.62. The first kappa shape index (κ1) is 23.3. The Balaban J connectivity index is 1.75. The fourth-order valence-corrected chi connectivity index (χ4v) is 4.57. The number of carbonyl (C=O) groups is 4. The molecule has 1 aromatic rings. The van der Waals surface area contributed by atoms with Gasteiger partial charge in [-0.05, 0) is 0 Å². The van der Waals surface area contributed by atoms with Crippen molar-refractivity contribution < 1.29 is 33.9 Å². The molecule has 2 aliphatic rings. The summed E-state index contributed by atoms with van der Waals surface area (Å²) in [5, 5.41) is 15.5. The lowest BCUT2D eigenvalue weighted by atomic mass is 10.0. The molecule has 0 bridgehead atoms. The fourth-order valence-electron chi connectivity index (χ4n) is 3.24. The molecule has 0 spiro atoms. The van der Waals surface area contributed by atoms with E-state index in [-0.39, 0.29) is 29.7 Å². The van der Waals surface area contributed by atoms with Crippen molar-refractivity contribution in [1.82, 2.24) is 10.2 Å². The molecular weight excluding hydrogens is 438 g/mol. The number of hydrogen-bond donors (Lipinski definition) is 2. The number of aliphatic carboxylic acids is 1. The number of rotatable bonds is 8. The highest BCUT2D eigenvalue weighted by molar-refractivity contribution is 8.00. The molecule has 2 aliphatic heterocycles. The maximum atomic E-state index is 12.8. The Kier molecular flexibility index (Phi) is 7.18. The Morgan fingerprint density at radius 1 is 1.28 bits per heavy atom. The van der Waals surface area contributed by atoms with E-state index < -0.39 is 35.2 Å². The molecule has 0 radical (unpaired) electrons. The van der Waals surface area contributed by atoms with Crippen molar-refractivity contribution in [3.05, 3.63) is 47.2 Å². The van der Waals surface area contributed by atoms with E-state index in [0.29, 0.717) is 11.1 Å². The largest absolute Gasteiger partial charge is 0.477 e. The summed E-state index contributed by atoms with van der Waals surface area (Å²) in [5.41, 5.74) is 0.619. The molecule has 2 atom stereocenters. The van der Waals surface area contributed by atoms with Crippen LogP contribution in [0.5, 0.6) is 0 Å². The number of fused-ring (bicyclic) bond motifs is 1. The molecule has 10 nitrogen and oxygen atoms in total.